The summed E-state index contributed by atoms with van der Waals surface area (Å²) in [5.41, 5.74) is 2.25. The van der Waals surface area contributed by atoms with Gasteiger partial charge in [-0.05, 0) is 37.1 Å². The molecule has 1 amide bonds. The molecule has 0 unspecified atom stereocenters. The van der Waals surface area contributed by atoms with E-state index in [0.29, 0.717) is 5.69 Å². The van der Waals surface area contributed by atoms with Crippen molar-refractivity contribution in [1.29, 1.82) is 5.26 Å². The molecule has 150 valence electrons. The molecule has 2 heterocycles. The van der Waals surface area contributed by atoms with Gasteiger partial charge < -0.3 is 9.47 Å². The molecule has 1 aromatic carbocycles. The lowest BCUT2D eigenvalue weighted by atomic mass is 10.1. The van der Waals surface area contributed by atoms with E-state index in [4.69, 9.17) is 5.26 Å². The molecule has 3 rings (SSSR count). The smallest absolute Gasteiger partial charge is 0.315 e. The Morgan fingerprint density at radius 2 is 1.90 bits per heavy atom. The molecule has 0 saturated carbocycles. The molecule has 0 radical (unpaired) electrons. The highest BCUT2D eigenvalue weighted by molar-refractivity contribution is 5.94. The van der Waals surface area contributed by atoms with E-state index in [0.717, 1.165) is 15.7 Å². The first-order valence-electron chi connectivity index (χ1n) is 9.11. The van der Waals surface area contributed by atoms with E-state index in [2.05, 4.69) is 11.1 Å². The zero-order valence-corrected chi connectivity index (χ0v) is 16.8. The number of amides is 1. The molecule has 0 saturated heterocycles. The van der Waals surface area contributed by atoms with E-state index < -0.39 is 11.2 Å². The number of hydrogen-bond donors (Lipinski definition) is 0. The van der Waals surface area contributed by atoms with Crippen LogP contribution in [0.25, 0.3) is 11.2 Å². The molecule has 9 heteroatoms. The summed E-state index contributed by atoms with van der Waals surface area (Å²) >= 11 is 0. The number of fused-ring (bicyclic) bond motifs is 1. The number of carbonyl (C=O) groups excluding carboxylic acids is 1. The molecule has 0 aliphatic carbocycles. The van der Waals surface area contributed by atoms with Crippen LogP contribution in [0.2, 0.25) is 0 Å². The molecule has 0 spiro atoms. The standard InChI is InChI=1S/C20H22N6O3/c1-13-6-7-15(10-14(13)2)26(9-5-8-21)16(27)11-25-12-22-18-17(25)19(28)24(4)20(29)23(18)3/h6-7,10,12H,5,9,11H2,1-4H3. The van der Waals surface area contributed by atoms with Gasteiger partial charge >= 0.3 is 5.69 Å². The van der Waals surface area contributed by atoms with Crippen LogP contribution in [0.15, 0.2) is 34.1 Å². The zero-order valence-electron chi connectivity index (χ0n) is 16.8. The van der Waals surface area contributed by atoms with Crippen molar-refractivity contribution in [1.82, 2.24) is 18.7 Å². The molecule has 3 aromatic rings. The van der Waals surface area contributed by atoms with E-state index in [-0.39, 0.29) is 36.6 Å². The van der Waals surface area contributed by atoms with Gasteiger partial charge in [-0.3, -0.25) is 18.7 Å². The van der Waals surface area contributed by atoms with Crippen molar-refractivity contribution in [2.24, 2.45) is 14.1 Å². The van der Waals surface area contributed by atoms with Crippen molar-refractivity contribution >= 4 is 22.8 Å². The molecule has 0 N–H and O–H groups in total. The van der Waals surface area contributed by atoms with Gasteiger partial charge in [-0.15, -0.1) is 0 Å². The summed E-state index contributed by atoms with van der Waals surface area (Å²) in [5, 5.41) is 8.98. The number of nitrogens with zero attached hydrogens (tertiary/aromatic N) is 6. The topological polar surface area (TPSA) is 106 Å². The van der Waals surface area contributed by atoms with Gasteiger partial charge in [0.15, 0.2) is 11.2 Å². The maximum Gasteiger partial charge on any atom is 0.332 e. The molecular formula is C20H22N6O3. The number of aryl methyl sites for hydroxylation is 3. The van der Waals surface area contributed by atoms with Crippen molar-refractivity contribution < 1.29 is 4.79 Å². The van der Waals surface area contributed by atoms with Crippen LogP contribution in [0.1, 0.15) is 17.5 Å². The summed E-state index contributed by atoms with van der Waals surface area (Å²) in [7, 11) is 2.91. The Morgan fingerprint density at radius 3 is 2.55 bits per heavy atom. The third-order valence-corrected chi connectivity index (χ3v) is 5.07. The van der Waals surface area contributed by atoms with Crippen molar-refractivity contribution in [3.63, 3.8) is 0 Å². The summed E-state index contributed by atoms with van der Waals surface area (Å²) in [6.07, 6.45) is 1.56. The summed E-state index contributed by atoms with van der Waals surface area (Å²) in [5.74, 6) is -0.279. The van der Waals surface area contributed by atoms with E-state index in [1.165, 1.54) is 34.5 Å². The summed E-state index contributed by atoms with van der Waals surface area (Å²) in [6, 6.07) is 7.73. The second-order valence-electron chi connectivity index (χ2n) is 6.97. The molecule has 0 aliphatic rings. The molecule has 0 atom stereocenters. The Labute approximate surface area is 167 Å². The number of anilines is 1. The molecule has 9 nitrogen and oxygen atoms in total. The number of hydrogen-bond acceptors (Lipinski definition) is 5. The average Bonchev–Trinajstić information content (AvgIpc) is 3.11. The normalized spacial score (nSPS) is 10.9. The third-order valence-electron chi connectivity index (χ3n) is 5.07. The Kier molecular flexibility index (Phi) is 5.37. The third kappa shape index (κ3) is 3.57. The first-order valence-corrected chi connectivity index (χ1v) is 9.11. The Balaban J connectivity index is 2.02. The van der Waals surface area contributed by atoms with Crippen molar-refractivity contribution in [2.45, 2.75) is 26.8 Å². The lowest BCUT2D eigenvalue weighted by Crippen LogP contribution is -2.38. The van der Waals surface area contributed by atoms with Crippen LogP contribution in [-0.2, 0) is 25.4 Å². The summed E-state index contributed by atoms with van der Waals surface area (Å²) in [6.45, 7) is 4.04. The van der Waals surface area contributed by atoms with Gasteiger partial charge in [-0.1, -0.05) is 6.07 Å². The quantitative estimate of drug-likeness (QED) is 0.642. The SMILES string of the molecule is Cc1ccc(N(CCC#N)C(=O)Cn2cnc3c2c(=O)n(C)c(=O)n3C)cc1C. The maximum absolute atomic E-state index is 13.1. The first-order chi connectivity index (χ1) is 13.8. The van der Waals surface area contributed by atoms with Crippen molar-refractivity contribution in [3.05, 3.63) is 56.5 Å². The first kappa shape index (κ1) is 20.1. The van der Waals surface area contributed by atoms with Crippen molar-refractivity contribution in [3.8, 4) is 6.07 Å². The number of aromatic nitrogens is 4. The van der Waals surface area contributed by atoms with Crippen LogP contribution in [0.3, 0.4) is 0 Å². The van der Waals surface area contributed by atoms with E-state index >= 15 is 0 Å². The van der Waals surface area contributed by atoms with Gasteiger partial charge in [-0.2, -0.15) is 5.26 Å². The Bertz CT molecular complexity index is 1260. The highest BCUT2D eigenvalue weighted by Crippen LogP contribution is 2.20. The fraction of sp³-hybridized carbons (Fsp3) is 0.350. The van der Waals surface area contributed by atoms with Gasteiger partial charge in [0.2, 0.25) is 5.91 Å². The predicted octanol–water partition coefficient (Wildman–Crippen LogP) is 0.997. The van der Waals surface area contributed by atoms with Gasteiger partial charge in [0.05, 0.1) is 18.8 Å². The second-order valence-corrected chi connectivity index (χ2v) is 6.97. The van der Waals surface area contributed by atoms with Crippen LogP contribution in [0.4, 0.5) is 5.69 Å². The number of nitriles is 1. The summed E-state index contributed by atoms with van der Waals surface area (Å²) < 4.78 is 3.70. The lowest BCUT2D eigenvalue weighted by Gasteiger charge is -2.23. The Hall–Kier alpha value is -3.67. The minimum Gasteiger partial charge on any atom is -0.315 e. The average molecular weight is 394 g/mol. The van der Waals surface area contributed by atoms with Gasteiger partial charge in [-0.25, -0.2) is 9.78 Å². The van der Waals surface area contributed by atoms with E-state index in [1.54, 1.807) is 0 Å². The molecular weight excluding hydrogens is 372 g/mol. The zero-order chi connectivity index (χ0) is 21.3. The van der Waals surface area contributed by atoms with Crippen LogP contribution in [0, 0.1) is 25.2 Å². The Morgan fingerprint density at radius 1 is 1.17 bits per heavy atom. The molecule has 0 fully saturated rings. The number of imidazole rings is 1. The number of benzene rings is 1. The van der Waals surface area contributed by atoms with Crippen molar-refractivity contribution in [2.75, 3.05) is 11.4 Å². The monoisotopic (exact) mass is 394 g/mol. The van der Waals surface area contributed by atoms with Crippen LogP contribution < -0.4 is 16.1 Å². The lowest BCUT2D eigenvalue weighted by molar-refractivity contribution is -0.119. The number of carbonyl (C=O) groups is 1. The molecule has 0 aliphatic heterocycles. The highest BCUT2D eigenvalue weighted by atomic mass is 16.2. The molecule has 29 heavy (non-hydrogen) atoms. The maximum atomic E-state index is 13.1. The van der Waals surface area contributed by atoms with E-state index in [9.17, 15) is 14.4 Å². The van der Waals surface area contributed by atoms with Crippen LogP contribution in [-0.4, -0.2) is 31.1 Å². The van der Waals surface area contributed by atoms with Gasteiger partial charge in [0.1, 0.15) is 6.54 Å². The minimum absolute atomic E-state index is 0.137. The van der Waals surface area contributed by atoms with Gasteiger partial charge in [0, 0.05) is 26.3 Å². The molecule has 0 bridgehead atoms. The van der Waals surface area contributed by atoms with E-state index in [1.807, 2.05) is 32.0 Å². The number of rotatable bonds is 5. The van der Waals surface area contributed by atoms with Gasteiger partial charge in [0.25, 0.3) is 5.56 Å². The fourth-order valence-electron chi connectivity index (χ4n) is 3.20. The second kappa shape index (κ2) is 7.75. The highest BCUT2D eigenvalue weighted by Gasteiger charge is 2.20. The predicted molar refractivity (Wildman–Crippen MR) is 109 cm³/mol. The fourth-order valence-corrected chi connectivity index (χ4v) is 3.20. The largest absolute Gasteiger partial charge is 0.332 e. The minimum atomic E-state index is -0.511. The molecule has 2 aromatic heterocycles. The van der Waals surface area contributed by atoms with Crippen LogP contribution >= 0.6 is 0 Å². The van der Waals surface area contributed by atoms with Crippen LogP contribution in [0.5, 0.6) is 0 Å². The summed E-state index contributed by atoms with van der Waals surface area (Å²) in [4.78, 5) is 43.4.